The molecule has 0 unspecified atom stereocenters. The van der Waals surface area contributed by atoms with Crippen molar-refractivity contribution >= 4 is 17.7 Å². The fourth-order valence-corrected chi connectivity index (χ4v) is 1.04. The molecule has 0 spiro atoms. The molecule has 0 fully saturated rings. The monoisotopic (exact) mass is 220 g/mol. The molecular weight excluding hydrogens is 212 g/mol. The fourth-order valence-electron chi connectivity index (χ4n) is 1.04. The van der Waals surface area contributed by atoms with Crippen molar-refractivity contribution in [1.82, 2.24) is 30.6 Å². The summed E-state index contributed by atoms with van der Waals surface area (Å²) in [7, 11) is 1.67. The molecule has 0 aliphatic rings. The van der Waals surface area contributed by atoms with E-state index < -0.39 is 5.91 Å². The van der Waals surface area contributed by atoms with Crippen molar-refractivity contribution in [1.29, 1.82) is 0 Å². The van der Waals surface area contributed by atoms with Gasteiger partial charge in [0, 0.05) is 7.05 Å². The van der Waals surface area contributed by atoms with Gasteiger partial charge in [0.15, 0.2) is 5.82 Å². The maximum atomic E-state index is 10.9. The number of hydrogen-bond acceptors (Lipinski definition) is 7. The second-order valence-corrected chi connectivity index (χ2v) is 2.90. The maximum absolute atomic E-state index is 10.9. The molecule has 0 saturated heterocycles. The van der Waals surface area contributed by atoms with Crippen molar-refractivity contribution in [3.05, 3.63) is 18.1 Å². The molecule has 0 saturated carbocycles. The summed E-state index contributed by atoms with van der Waals surface area (Å²) in [5.41, 5.74) is 5.17. The van der Waals surface area contributed by atoms with Gasteiger partial charge in [0.1, 0.15) is 5.69 Å². The third kappa shape index (κ3) is 1.78. The highest BCUT2D eigenvalue weighted by atomic mass is 16.1. The van der Waals surface area contributed by atoms with E-state index in [0.717, 1.165) is 0 Å². The third-order valence-corrected chi connectivity index (χ3v) is 1.85. The zero-order chi connectivity index (χ0) is 11.5. The van der Waals surface area contributed by atoms with Crippen molar-refractivity contribution in [2.45, 2.75) is 0 Å². The van der Waals surface area contributed by atoms with Crippen LogP contribution in [0.1, 0.15) is 10.5 Å². The minimum absolute atomic E-state index is 0.0767. The lowest BCUT2D eigenvalue weighted by Gasteiger charge is -2.12. The van der Waals surface area contributed by atoms with Crippen molar-refractivity contribution in [2.75, 3.05) is 11.9 Å². The van der Waals surface area contributed by atoms with Gasteiger partial charge in [-0.25, -0.2) is 4.98 Å². The Morgan fingerprint density at radius 3 is 2.94 bits per heavy atom. The summed E-state index contributed by atoms with van der Waals surface area (Å²) in [6, 6.07) is 0. The van der Waals surface area contributed by atoms with Gasteiger partial charge in [-0.1, -0.05) is 5.10 Å². The second kappa shape index (κ2) is 3.88. The lowest BCUT2D eigenvalue weighted by molar-refractivity contribution is 0.0995. The van der Waals surface area contributed by atoms with Crippen LogP contribution in [-0.2, 0) is 0 Å². The smallest absolute Gasteiger partial charge is 0.271 e. The molecule has 0 radical (unpaired) electrons. The molecule has 1 amide bonds. The Hall–Kier alpha value is -2.58. The number of nitrogens with zero attached hydrogens (tertiary/aromatic N) is 6. The summed E-state index contributed by atoms with van der Waals surface area (Å²) in [4.78, 5) is 20.3. The number of rotatable bonds is 3. The first-order valence-corrected chi connectivity index (χ1v) is 4.27. The Bertz CT molecular complexity index is 495. The van der Waals surface area contributed by atoms with E-state index in [1.54, 1.807) is 7.05 Å². The van der Waals surface area contributed by atoms with Crippen molar-refractivity contribution < 1.29 is 4.79 Å². The van der Waals surface area contributed by atoms with Gasteiger partial charge < -0.3 is 5.73 Å². The Balaban J connectivity index is 2.34. The van der Waals surface area contributed by atoms with E-state index in [0.29, 0.717) is 11.8 Å². The van der Waals surface area contributed by atoms with Gasteiger partial charge in [-0.05, 0) is 5.21 Å². The van der Waals surface area contributed by atoms with Crippen LogP contribution in [0.2, 0.25) is 0 Å². The third-order valence-electron chi connectivity index (χ3n) is 1.85. The number of carbonyl (C=O) groups excluding carboxylic acids is 1. The number of amides is 1. The van der Waals surface area contributed by atoms with E-state index in [-0.39, 0.29) is 5.69 Å². The molecule has 82 valence electrons. The average molecular weight is 220 g/mol. The van der Waals surface area contributed by atoms with Gasteiger partial charge in [0.2, 0.25) is 0 Å². The zero-order valence-corrected chi connectivity index (χ0v) is 8.32. The van der Waals surface area contributed by atoms with E-state index in [2.05, 4.69) is 30.6 Å². The number of carbonyl (C=O) groups is 1. The minimum Gasteiger partial charge on any atom is -0.364 e. The van der Waals surface area contributed by atoms with Crippen molar-refractivity contribution in [3.63, 3.8) is 0 Å². The SMILES string of the molecule is CN(c1cncc(C(N)=O)n1)c1nn[nH]n1. The van der Waals surface area contributed by atoms with Crippen LogP contribution < -0.4 is 10.6 Å². The molecule has 16 heavy (non-hydrogen) atoms. The Morgan fingerprint density at radius 1 is 1.50 bits per heavy atom. The molecule has 3 N–H and O–H groups in total. The lowest BCUT2D eigenvalue weighted by Crippen LogP contribution is -2.18. The molecule has 9 nitrogen and oxygen atoms in total. The number of nitrogens with two attached hydrogens (primary N) is 1. The van der Waals surface area contributed by atoms with Gasteiger partial charge >= 0.3 is 0 Å². The van der Waals surface area contributed by atoms with E-state index in [4.69, 9.17) is 5.73 Å². The molecule has 0 aromatic carbocycles. The molecular formula is C7H8N8O. The largest absolute Gasteiger partial charge is 0.364 e. The van der Waals surface area contributed by atoms with Gasteiger partial charge in [-0.15, -0.1) is 5.10 Å². The number of nitrogens with one attached hydrogen (secondary N) is 1. The summed E-state index contributed by atoms with van der Waals surface area (Å²) < 4.78 is 0. The van der Waals surface area contributed by atoms with Crippen LogP contribution in [0.15, 0.2) is 12.4 Å². The van der Waals surface area contributed by atoms with Crippen molar-refractivity contribution in [2.24, 2.45) is 5.73 Å². The van der Waals surface area contributed by atoms with Crippen LogP contribution in [0.5, 0.6) is 0 Å². The number of anilines is 2. The Kier molecular flexibility index (Phi) is 2.42. The van der Waals surface area contributed by atoms with Crippen LogP contribution in [0.3, 0.4) is 0 Å². The van der Waals surface area contributed by atoms with E-state index in [1.165, 1.54) is 17.3 Å². The van der Waals surface area contributed by atoms with E-state index in [1.807, 2.05) is 0 Å². The number of aromatic amines is 1. The first kappa shape index (κ1) is 9.96. The topological polar surface area (TPSA) is 127 Å². The summed E-state index contributed by atoms with van der Waals surface area (Å²) in [6.45, 7) is 0. The molecule has 0 atom stereocenters. The summed E-state index contributed by atoms with van der Waals surface area (Å²) in [5, 5.41) is 13.2. The first-order chi connectivity index (χ1) is 7.68. The van der Waals surface area contributed by atoms with E-state index >= 15 is 0 Å². The lowest BCUT2D eigenvalue weighted by atomic mass is 10.4. The molecule has 0 aliphatic heterocycles. The molecule has 0 bridgehead atoms. The Morgan fingerprint density at radius 2 is 2.31 bits per heavy atom. The Labute approximate surface area is 89.7 Å². The van der Waals surface area contributed by atoms with Crippen molar-refractivity contribution in [3.8, 4) is 0 Å². The molecule has 2 rings (SSSR count). The summed E-state index contributed by atoms with van der Waals surface area (Å²) in [5.74, 6) is 0.0736. The normalized spacial score (nSPS) is 10.1. The van der Waals surface area contributed by atoms with Crippen LogP contribution in [0.25, 0.3) is 0 Å². The zero-order valence-electron chi connectivity index (χ0n) is 8.32. The van der Waals surface area contributed by atoms with Crippen LogP contribution in [0.4, 0.5) is 11.8 Å². The number of aromatic nitrogens is 6. The predicted molar refractivity (Wildman–Crippen MR) is 52.8 cm³/mol. The minimum atomic E-state index is -0.643. The number of hydrogen-bond donors (Lipinski definition) is 2. The van der Waals surface area contributed by atoms with Gasteiger partial charge in [0.25, 0.3) is 11.9 Å². The molecule has 9 heteroatoms. The van der Waals surface area contributed by atoms with Crippen LogP contribution in [-0.4, -0.2) is 43.5 Å². The van der Waals surface area contributed by atoms with E-state index in [9.17, 15) is 4.79 Å². The molecule has 2 aromatic heterocycles. The maximum Gasteiger partial charge on any atom is 0.271 e. The standard InChI is InChI=1S/C7H8N8O/c1-15(7-11-13-14-12-7)5-3-9-2-4(10-5)6(8)16/h2-3H,1H3,(H2,8,16)(H,11,12,13,14). The summed E-state index contributed by atoms with van der Waals surface area (Å²) >= 11 is 0. The predicted octanol–water partition coefficient (Wildman–Crippen LogP) is -1.14. The van der Waals surface area contributed by atoms with Gasteiger partial charge in [-0.3, -0.25) is 14.7 Å². The average Bonchev–Trinajstić information content (AvgIpc) is 2.81. The summed E-state index contributed by atoms with van der Waals surface area (Å²) in [6.07, 6.45) is 2.75. The first-order valence-electron chi connectivity index (χ1n) is 4.27. The second-order valence-electron chi connectivity index (χ2n) is 2.90. The van der Waals surface area contributed by atoms with Gasteiger partial charge in [-0.2, -0.15) is 5.21 Å². The molecule has 2 heterocycles. The number of H-pyrrole nitrogens is 1. The number of tetrazole rings is 1. The highest BCUT2D eigenvalue weighted by Gasteiger charge is 2.12. The quantitative estimate of drug-likeness (QED) is 0.668. The molecule has 2 aromatic rings. The highest BCUT2D eigenvalue weighted by molar-refractivity contribution is 5.90. The van der Waals surface area contributed by atoms with Gasteiger partial charge in [0.05, 0.1) is 12.4 Å². The molecule has 0 aliphatic carbocycles. The number of primary amides is 1. The highest BCUT2D eigenvalue weighted by Crippen LogP contribution is 2.14. The van der Waals surface area contributed by atoms with Crippen LogP contribution in [0, 0.1) is 0 Å². The van der Waals surface area contributed by atoms with Crippen LogP contribution >= 0.6 is 0 Å². The fraction of sp³-hybridized carbons (Fsp3) is 0.143.